The number of imidazole rings is 1. The van der Waals surface area contributed by atoms with Crippen molar-refractivity contribution in [1.82, 2.24) is 19.2 Å². The summed E-state index contributed by atoms with van der Waals surface area (Å²) >= 11 is 0. The third kappa shape index (κ3) is 2.43. The van der Waals surface area contributed by atoms with Crippen LogP contribution in [0.5, 0.6) is 0 Å². The van der Waals surface area contributed by atoms with Crippen LogP contribution in [0.15, 0.2) is 17.6 Å². The van der Waals surface area contributed by atoms with E-state index < -0.39 is 10.0 Å². The predicted octanol–water partition coefficient (Wildman–Crippen LogP) is 0.275. The molecule has 0 saturated carbocycles. The van der Waals surface area contributed by atoms with Gasteiger partial charge in [0, 0.05) is 25.7 Å². The molecule has 18 heavy (non-hydrogen) atoms. The molecule has 1 saturated heterocycles. The molecule has 1 atom stereocenters. The maximum absolute atomic E-state index is 12.5. The van der Waals surface area contributed by atoms with Crippen molar-refractivity contribution in [2.24, 2.45) is 0 Å². The number of hydrogen-bond acceptors (Lipinski definition) is 4. The molecule has 0 amide bonds. The highest BCUT2D eigenvalue weighted by molar-refractivity contribution is 7.89. The Balaban J connectivity index is 2.25. The van der Waals surface area contributed by atoms with Gasteiger partial charge in [-0.2, -0.15) is 4.31 Å². The molecular weight excluding hydrogens is 252 g/mol. The van der Waals surface area contributed by atoms with Crippen molar-refractivity contribution in [3.63, 3.8) is 0 Å². The van der Waals surface area contributed by atoms with E-state index in [1.165, 1.54) is 6.20 Å². The average molecular weight is 272 g/mol. The minimum Gasteiger partial charge on any atom is -0.321 e. The van der Waals surface area contributed by atoms with E-state index in [0.29, 0.717) is 24.7 Å². The number of nitrogens with one attached hydrogen (secondary N) is 1. The molecule has 7 heteroatoms. The van der Waals surface area contributed by atoms with Crippen LogP contribution in [-0.4, -0.2) is 48.5 Å². The highest BCUT2D eigenvalue weighted by Gasteiger charge is 2.31. The Hall–Kier alpha value is -0.920. The van der Waals surface area contributed by atoms with Crippen molar-refractivity contribution in [1.29, 1.82) is 0 Å². The van der Waals surface area contributed by atoms with Gasteiger partial charge in [0.15, 0.2) is 5.03 Å². The summed E-state index contributed by atoms with van der Waals surface area (Å²) in [4.78, 5) is 3.93. The Morgan fingerprint density at radius 2 is 2.33 bits per heavy atom. The van der Waals surface area contributed by atoms with E-state index in [-0.39, 0.29) is 6.04 Å². The molecule has 0 spiro atoms. The standard InChI is InChI=1S/C11H20N4O2S/c1-3-14-9-13-7-11(14)18(16,17)15-6-4-5-10(8-15)12-2/h7,9-10,12H,3-6,8H2,1-2H3. The second kappa shape index (κ2) is 5.38. The van der Waals surface area contributed by atoms with Gasteiger partial charge in [0.25, 0.3) is 10.0 Å². The van der Waals surface area contributed by atoms with E-state index >= 15 is 0 Å². The molecule has 6 nitrogen and oxygen atoms in total. The largest absolute Gasteiger partial charge is 0.321 e. The van der Waals surface area contributed by atoms with Gasteiger partial charge in [0.1, 0.15) is 0 Å². The zero-order chi connectivity index (χ0) is 13.2. The molecule has 2 rings (SSSR count). The molecule has 1 N–H and O–H groups in total. The van der Waals surface area contributed by atoms with E-state index in [9.17, 15) is 8.42 Å². The van der Waals surface area contributed by atoms with Crippen LogP contribution in [0.1, 0.15) is 19.8 Å². The molecule has 1 aromatic rings. The predicted molar refractivity (Wildman–Crippen MR) is 68.7 cm³/mol. The third-order valence-electron chi connectivity index (χ3n) is 3.41. The fraction of sp³-hybridized carbons (Fsp3) is 0.727. The lowest BCUT2D eigenvalue weighted by atomic mass is 10.1. The molecule has 1 aromatic heterocycles. The number of sulfonamides is 1. The molecule has 1 aliphatic rings. The molecule has 1 aliphatic heterocycles. The van der Waals surface area contributed by atoms with Crippen molar-refractivity contribution in [3.8, 4) is 0 Å². The van der Waals surface area contributed by atoms with Crippen LogP contribution < -0.4 is 5.32 Å². The summed E-state index contributed by atoms with van der Waals surface area (Å²) in [7, 11) is -1.54. The Kier molecular flexibility index (Phi) is 4.04. The van der Waals surface area contributed by atoms with Crippen LogP contribution in [0.4, 0.5) is 0 Å². The number of rotatable bonds is 4. The number of aromatic nitrogens is 2. The van der Waals surface area contributed by atoms with Crippen molar-refractivity contribution in [2.45, 2.75) is 37.4 Å². The Morgan fingerprint density at radius 1 is 1.56 bits per heavy atom. The first kappa shape index (κ1) is 13.5. The molecule has 1 unspecified atom stereocenters. The molecular formula is C11H20N4O2S. The summed E-state index contributed by atoms with van der Waals surface area (Å²) in [6, 6.07) is 0.242. The van der Waals surface area contributed by atoms with Gasteiger partial charge >= 0.3 is 0 Å². The highest BCUT2D eigenvalue weighted by atomic mass is 32.2. The van der Waals surface area contributed by atoms with E-state index in [0.717, 1.165) is 12.8 Å². The van der Waals surface area contributed by atoms with Gasteiger partial charge < -0.3 is 9.88 Å². The first-order chi connectivity index (χ1) is 8.59. The molecule has 0 aliphatic carbocycles. The Morgan fingerprint density at radius 3 is 3.00 bits per heavy atom. The number of nitrogens with zero attached hydrogens (tertiary/aromatic N) is 3. The minimum atomic E-state index is -3.41. The number of aryl methyl sites for hydroxylation is 1. The van der Waals surface area contributed by atoms with E-state index in [1.54, 1.807) is 15.2 Å². The fourth-order valence-electron chi connectivity index (χ4n) is 2.29. The summed E-state index contributed by atoms with van der Waals surface area (Å²) in [5, 5.41) is 3.44. The zero-order valence-corrected chi connectivity index (χ0v) is 11.7. The van der Waals surface area contributed by atoms with Crippen molar-refractivity contribution in [3.05, 3.63) is 12.5 Å². The summed E-state index contributed by atoms with van der Waals surface area (Å²) in [6.45, 7) is 3.65. The van der Waals surface area contributed by atoms with Crippen LogP contribution in [0.2, 0.25) is 0 Å². The van der Waals surface area contributed by atoms with Gasteiger partial charge in [-0.3, -0.25) is 0 Å². The third-order valence-corrected chi connectivity index (χ3v) is 5.29. The fourth-order valence-corrected chi connectivity index (χ4v) is 3.97. The van der Waals surface area contributed by atoms with Crippen LogP contribution in [-0.2, 0) is 16.6 Å². The lowest BCUT2D eigenvalue weighted by molar-refractivity contribution is 0.291. The van der Waals surface area contributed by atoms with E-state index in [1.807, 2.05) is 14.0 Å². The van der Waals surface area contributed by atoms with Crippen molar-refractivity contribution >= 4 is 10.0 Å². The molecule has 1 fully saturated rings. The molecule has 0 aromatic carbocycles. The second-order valence-electron chi connectivity index (χ2n) is 4.51. The van der Waals surface area contributed by atoms with Crippen molar-refractivity contribution < 1.29 is 8.42 Å². The maximum Gasteiger partial charge on any atom is 0.260 e. The lowest BCUT2D eigenvalue weighted by Crippen LogP contribution is -2.47. The van der Waals surface area contributed by atoms with E-state index in [4.69, 9.17) is 0 Å². The van der Waals surface area contributed by atoms with Gasteiger partial charge in [-0.25, -0.2) is 13.4 Å². The molecule has 0 radical (unpaired) electrons. The topological polar surface area (TPSA) is 67.2 Å². The lowest BCUT2D eigenvalue weighted by Gasteiger charge is -2.31. The summed E-state index contributed by atoms with van der Waals surface area (Å²) in [5.41, 5.74) is 0. The summed E-state index contributed by atoms with van der Waals surface area (Å²) < 4.78 is 28.3. The highest BCUT2D eigenvalue weighted by Crippen LogP contribution is 2.20. The number of piperidine rings is 1. The summed E-state index contributed by atoms with van der Waals surface area (Å²) in [6.07, 6.45) is 4.91. The monoisotopic (exact) mass is 272 g/mol. The SMILES string of the molecule is CCn1cncc1S(=O)(=O)N1CCCC(NC)C1. The minimum absolute atomic E-state index is 0.242. The normalized spacial score (nSPS) is 22.2. The smallest absolute Gasteiger partial charge is 0.260 e. The van der Waals surface area contributed by atoms with Gasteiger partial charge in [-0.1, -0.05) is 0 Å². The number of likely N-dealkylation sites (N-methyl/N-ethyl adjacent to an activating group) is 1. The molecule has 0 bridgehead atoms. The average Bonchev–Trinajstić information content (AvgIpc) is 2.88. The van der Waals surface area contributed by atoms with Gasteiger partial charge in [-0.15, -0.1) is 0 Å². The second-order valence-corrected chi connectivity index (χ2v) is 6.39. The summed E-state index contributed by atoms with van der Waals surface area (Å²) in [5.74, 6) is 0. The van der Waals surface area contributed by atoms with Gasteiger partial charge in [0.05, 0.1) is 12.5 Å². The van der Waals surface area contributed by atoms with E-state index in [2.05, 4.69) is 10.3 Å². The van der Waals surface area contributed by atoms with Crippen LogP contribution in [0.25, 0.3) is 0 Å². The maximum atomic E-state index is 12.5. The van der Waals surface area contributed by atoms with Gasteiger partial charge in [-0.05, 0) is 26.8 Å². The Bertz CT molecular complexity index is 497. The van der Waals surface area contributed by atoms with Gasteiger partial charge in [0.2, 0.25) is 0 Å². The first-order valence-electron chi connectivity index (χ1n) is 6.27. The number of hydrogen-bond donors (Lipinski definition) is 1. The van der Waals surface area contributed by atoms with Crippen LogP contribution >= 0.6 is 0 Å². The zero-order valence-electron chi connectivity index (χ0n) is 10.8. The molecule has 2 heterocycles. The van der Waals surface area contributed by atoms with Crippen LogP contribution in [0.3, 0.4) is 0 Å². The Labute approximate surface area is 108 Å². The first-order valence-corrected chi connectivity index (χ1v) is 7.71. The van der Waals surface area contributed by atoms with Crippen molar-refractivity contribution in [2.75, 3.05) is 20.1 Å². The molecule has 102 valence electrons. The quantitative estimate of drug-likeness (QED) is 0.854. The van der Waals surface area contributed by atoms with Crippen LogP contribution in [0, 0.1) is 0 Å².